The number of aromatic nitrogens is 3. The Balaban J connectivity index is 2.38. The van der Waals surface area contributed by atoms with Crippen LogP contribution in [0.15, 0.2) is 30.6 Å². The van der Waals surface area contributed by atoms with Crippen LogP contribution in [0.1, 0.15) is 18.4 Å². The maximum absolute atomic E-state index is 5.77. The van der Waals surface area contributed by atoms with Gasteiger partial charge in [-0.25, -0.2) is 9.97 Å². The number of nitrogens with zero attached hydrogens (tertiary/aromatic N) is 3. The summed E-state index contributed by atoms with van der Waals surface area (Å²) in [6, 6.07) is 5.92. The van der Waals surface area contributed by atoms with Crippen LogP contribution in [0, 0.1) is 6.92 Å². The van der Waals surface area contributed by atoms with Crippen LogP contribution in [0.5, 0.6) is 0 Å². The Kier molecular flexibility index (Phi) is 3.44. The first kappa shape index (κ1) is 11.7. The van der Waals surface area contributed by atoms with Gasteiger partial charge in [0.15, 0.2) is 0 Å². The van der Waals surface area contributed by atoms with Crippen LogP contribution >= 0.6 is 0 Å². The van der Waals surface area contributed by atoms with Crippen LogP contribution in [0.4, 0.5) is 0 Å². The van der Waals surface area contributed by atoms with Gasteiger partial charge in [0.05, 0.1) is 5.69 Å². The molecule has 2 heterocycles. The minimum atomic E-state index is 0.0681. The van der Waals surface area contributed by atoms with Crippen LogP contribution in [0.25, 0.3) is 11.3 Å². The largest absolute Gasteiger partial charge is 0.328 e. The molecule has 4 nitrogen and oxygen atoms in total. The van der Waals surface area contributed by atoms with Crippen molar-refractivity contribution in [3.8, 4) is 11.3 Å². The average molecular weight is 228 g/mol. The van der Waals surface area contributed by atoms with E-state index < -0.39 is 0 Å². The summed E-state index contributed by atoms with van der Waals surface area (Å²) in [6.45, 7) is 3.92. The summed E-state index contributed by atoms with van der Waals surface area (Å²) in [7, 11) is 0. The predicted octanol–water partition coefficient (Wildman–Crippen LogP) is 1.74. The summed E-state index contributed by atoms with van der Waals surface area (Å²) in [6.07, 6.45) is 4.24. The fourth-order valence-electron chi connectivity index (χ4n) is 1.67. The molecule has 0 radical (unpaired) electrons. The molecule has 0 aliphatic carbocycles. The van der Waals surface area contributed by atoms with Gasteiger partial charge in [0.25, 0.3) is 0 Å². The third-order valence-corrected chi connectivity index (χ3v) is 2.36. The normalized spacial score (nSPS) is 12.4. The molecule has 88 valence electrons. The molecule has 2 aromatic rings. The quantitative estimate of drug-likeness (QED) is 0.869. The first-order valence-corrected chi connectivity index (χ1v) is 5.65. The van der Waals surface area contributed by atoms with E-state index in [0.717, 1.165) is 22.8 Å². The third-order valence-electron chi connectivity index (χ3n) is 2.36. The maximum Gasteiger partial charge on any atom is 0.130 e. The van der Waals surface area contributed by atoms with E-state index in [1.165, 1.54) is 0 Å². The molecule has 2 rings (SSSR count). The second kappa shape index (κ2) is 5.01. The molecule has 1 atom stereocenters. The summed E-state index contributed by atoms with van der Waals surface area (Å²) in [4.78, 5) is 13.0. The fourth-order valence-corrected chi connectivity index (χ4v) is 1.67. The zero-order chi connectivity index (χ0) is 12.3. The van der Waals surface area contributed by atoms with Crippen molar-refractivity contribution in [2.45, 2.75) is 26.3 Å². The van der Waals surface area contributed by atoms with Gasteiger partial charge in [-0.15, -0.1) is 0 Å². The lowest BCUT2D eigenvalue weighted by Crippen LogP contribution is -2.19. The van der Waals surface area contributed by atoms with Gasteiger partial charge in [-0.2, -0.15) is 0 Å². The summed E-state index contributed by atoms with van der Waals surface area (Å²) in [5.74, 6) is 0.791. The molecule has 0 aliphatic rings. The third kappa shape index (κ3) is 3.07. The zero-order valence-corrected chi connectivity index (χ0v) is 10.1. The van der Waals surface area contributed by atoms with E-state index >= 15 is 0 Å². The Morgan fingerprint density at radius 3 is 2.82 bits per heavy atom. The molecule has 1 unspecified atom stereocenters. The number of rotatable bonds is 3. The van der Waals surface area contributed by atoms with Crippen LogP contribution in [0.3, 0.4) is 0 Å². The molecule has 0 saturated heterocycles. The lowest BCUT2D eigenvalue weighted by molar-refractivity contribution is 0.699. The van der Waals surface area contributed by atoms with E-state index in [-0.39, 0.29) is 6.04 Å². The highest BCUT2D eigenvalue weighted by Crippen LogP contribution is 2.16. The van der Waals surface area contributed by atoms with Gasteiger partial charge in [0, 0.05) is 36.1 Å². The number of aryl methyl sites for hydroxylation is 1. The topological polar surface area (TPSA) is 64.7 Å². The Labute approximate surface area is 101 Å². The first-order valence-electron chi connectivity index (χ1n) is 5.65. The average Bonchev–Trinajstić information content (AvgIpc) is 2.28. The Morgan fingerprint density at radius 2 is 2.18 bits per heavy atom. The van der Waals surface area contributed by atoms with Gasteiger partial charge in [0.1, 0.15) is 5.82 Å². The highest BCUT2D eigenvalue weighted by Gasteiger charge is 2.06. The van der Waals surface area contributed by atoms with Gasteiger partial charge < -0.3 is 5.73 Å². The molecule has 0 fully saturated rings. The number of hydrogen-bond donors (Lipinski definition) is 1. The van der Waals surface area contributed by atoms with E-state index in [1.807, 2.05) is 32.0 Å². The van der Waals surface area contributed by atoms with Crippen molar-refractivity contribution >= 4 is 0 Å². The molecule has 0 aromatic carbocycles. The number of pyridine rings is 1. The predicted molar refractivity (Wildman–Crippen MR) is 67.4 cm³/mol. The van der Waals surface area contributed by atoms with Crippen molar-refractivity contribution in [3.63, 3.8) is 0 Å². The van der Waals surface area contributed by atoms with Crippen molar-refractivity contribution in [2.24, 2.45) is 5.73 Å². The van der Waals surface area contributed by atoms with E-state index in [9.17, 15) is 0 Å². The second-order valence-corrected chi connectivity index (χ2v) is 4.23. The maximum atomic E-state index is 5.77. The van der Waals surface area contributed by atoms with Gasteiger partial charge in [0.2, 0.25) is 0 Å². The summed E-state index contributed by atoms with van der Waals surface area (Å²) < 4.78 is 0. The second-order valence-electron chi connectivity index (χ2n) is 4.23. The summed E-state index contributed by atoms with van der Waals surface area (Å²) >= 11 is 0. The van der Waals surface area contributed by atoms with Crippen LogP contribution in [0.2, 0.25) is 0 Å². The molecule has 2 N–H and O–H groups in total. The monoisotopic (exact) mass is 228 g/mol. The van der Waals surface area contributed by atoms with Crippen LogP contribution in [-0.2, 0) is 6.42 Å². The van der Waals surface area contributed by atoms with Crippen LogP contribution < -0.4 is 5.73 Å². The lowest BCUT2D eigenvalue weighted by Gasteiger charge is -2.07. The van der Waals surface area contributed by atoms with Crippen molar-refractivity contribution in [1.29, 1.82) is 0 Å². The van der Waals surface area contributed by atoms with E-state index in [2.05, 4.69) is 15.0 Å². The van der Waals surface area contributed by atoms with Gasteiger partial charge in [-0.05, 0) is 32.0 Å². The molecule has 17 heavy (non-hydrogen) atoms. The summed E-state index contributed by atoms with van der Waals surface area (Å²) in [5, 5.41) is 0. The first-order chi connectivity index (χ1) is 8.15. The van der Waals surface area contributed by atoms with E-state index in [1.54, 1.807) is 12.4 Å². The zero-order valence-electron chi connectivity index (χ0n) is 10.1. The van der Waals surface area contributed by atoms with Gasteiger partial charge in [-0.3, -0.25) is 4.98 Å². The number of hydrogen-bond acceptors (Lipinski definition) is 4. The van der Waals surface area contributed by atoms with Crippen LogP contribution in [-0.4, -0.2) is 21.0 Å². The molecule has 0 saturated carbocycles. The Hall–Kier alpha value is -1.81. The molecule has 2 aromatic heterocycles. The molecular formula is C13H16N4. The molecule has 0 amide bonds. The SMILES string of the molecule is Cc1cc(-c2cccnc2)nc(CC(C)N)n1. The highest BCUT2D eigenvalue weighted by atomic mass is 14.9. The minimum absolute atomic E-state index is 0.0681. The Morgan fingerprint density at radius 1 is 1.35 bits per heavy atom. The molecule has 0 bridgehead atoms. The van der Waals surface area contributed by atoms with E-state index in [0.29, 0.717) is 6.42 Å². The minimum Gasteiger partial charge on any atom is -0.328 e. The molecule has 0 aliphatic heterocycles. The van der Waals surface area contributed by atoms with E-state index in [4.69, 9.17) is 5.73 Å². The fraction of sp³-hybridized carbons (Fsp3) is 0.308. The number of nitrogens with two attached hydrogens (primary N) is 1. The lowest BCUT2D eigenvalue weighted by atomic mass is 10.1. The molecular weight excluding hydrogens is 212 g/mol. The molecule has 4 heteroatoms. The van der Waals surface area contributed by atoms with Gasteiger partial charge >= 0.3 is 0 Å². The van der Waals surface area contributed by atoms with Gasteiger partial charge in [-0.1, -0.05) is 0 Å². The van der Waals surface area contributed by atoms with Crippen molar-refractivity contribution < 1.29 is 0 Å². The van der Waals surface area contributed by atoms with Crippen molar-refractivity contribution in [1.82, 2.24) is 15.0 Å². The van der Waals surface area contributed by atoms with Crippen molar-refractivity contribution in [3.05, 3.63) is 42.1 Å². The smallest absolute Gasteiger partial charge is 0.130 e. The summed E-state index contributed by atoms with van der Waals surface area (Å²) in [5.41, 5.74) is 8.63. The standard InChI is InChI=1S/C13H16N4/c1-9(14)6-13-16-10(2)7-12(17-13)11-4-3-5-15-8-11/h3-5,7-9H,6,14H2,1-2H3. The van der Waals surface area contributed by atoms with Crippen molar-refractivity contribution in [2.75, 3.05) is 0 Å². The highest BCUT2D eigenvalue weighted by molar-refractivity contribution is 5.57. The molecule has 0 spiro atoms. The Bertz CT molecular complexity index is 494.